The number of hydrogen-bond donors (Lipinski definition) is 1. The fourth-order valence-corrected chi connectivity index (χ4v) is 1.32. The van der Waals surface area contributed by atoms with E-state index in [-0.39, 0.29) is 0 Å². The highest BCUT2D eigenvalue weighted by atomic mass is 32.2. The average molecular weight is 201 g/mol. The van der Waals surface area contributed by atoms with Crippen molar-refractivity contribution in [1.29, 1.82) is 0 Å². The summed E-state index contributed by atoms with van der Waals surface area (Å²) in [5, 5.41) is 0. The van der Waals surface area contributed by atoms with Crippen LogP contribution < -0.4 is 4.72 Å². The van der Waals surface area contributed by atoms with Gasteiger partial charge >= 0.3 is 10.3 Å². The van der Waals surface area contributed by atoms with Gasteiger partial charge in [-0.15, -0.1) is 0 Å². The molecule has 0 heterocycles. The molecule has 5 heteroatoms. The first-order valence-electron chi connectivity index (χ1n) is 3.68. The maximum atomic E-state index is 10.9. The van der Waals surface area contributed by atoms with Crippen LogP contribution >= 0.6 is 0 Å². The summed E-state index contributed by atoms with van der Waals surface area (Å²) in [6.45, 7) is 1.93. The molecule has 0 atom stereocenters. The standard InChI is InChI=1S/C8H11NO3S/c1-7-3-5-8(6-4-7)9-13(10,11)12-2/h3-6,9H,1-2H3. The fourth-order valence-electron chi connectivity index (χ4n) is 0.808. The maximum absolute atomic E-state index is 10.9. The molecule has 0 fully saturated rings. The second-order valence-electron chi connectivity index (χ2n) is 2.59. The first-order chi connectivity index (χ1) is 6.03. The van der Waals surface area contributed by atoms with E-state index in [1.54, 1.807) is 12.1 Å². The van der Waals surface area contributed by atoms with Crippen LogP contribution in [0.2, 0.25) is 0 Å². The lowest BCUT2D eigenvalue weighted by molar-refractivity contribution is 0.402. The maximum Gasteiger partial charge on any atom is 0.359 e. The number of hydrogen-bond acceptors (Lipinski definition) is 3. The van der Waals surface area contributed by atoms with Gasteiger partial charge in [0.25, 0.3) is 0 Å². The third kappa shape index (κ3) is 3.04. The van der Waals surface area contributed by atoms with Gasteiger partial charge in [0.15, 0.2) is 0 Å². The van der Waals surface area contributed by atoms with Crippen LogP contribution in [0.1, 0.15) is 5.56 Å². The zero-order chi connectivity index (χ0) is 9.90. The summed E-state index contributed by atoms with van der Waals surface area (Å²) in [6, 6.07) is 6.97. The Morgan fingerprint density at radius 2 is 1.77 bits per heavy atom. The van der Waals surface area contributed by atoms with Gasteiger partial charge in [-0.05, 0) is 19.1 Å². The van der Waals surface area contributed by atoms with E-state index < -0.39 is 10.3 Å². The normalized spacial score (nSPS) is 11.2. The second-order valence-corrected chi connectivity index (χ2v) is 4.03. The lowest BCUT2D eigenvalue weighted by Crippen LogP contribution is -2.13. The minimum Gasteiger partial charge on any atom is -0.261 e. The Hall–Kier alpha value is -1.07. The molecule has 0 aliphatic heterocycles. The number of anilines is 1. The number of benzene rings is 1. The van der Waals surface area contributed by atoms with Crippen molar-refractivity contribution >= 4 is 16.0 Å². The van der Waals surface area contributed by atoms with E-state index >= 15 is 0 Å². The van der Waals surface area contributed by atoms with Gasteiger partial charge in [0.05, 0.1) is 12.8 Å². The van der Waals surface area contributed by atoms with Crippen molar-refractivity contribution in [1.82, 2.24) is 0 Å². The first-order valence-corrected chi connectivity index (χ1v) is 5.09. The zero-order valence-electron chi connectivity index (χ0n) is 7.44. The van der Waals surface area contributed by atoms with Gasteiger partial charge in [0, 0.05) is 0 Å². The SMILES string of the molecule is COS(=O)(=O)Nc1ccc(C)cc1. The van der Waals surface area contributed by atoms with Gasteiger partial charge in [-0.1, -0.05) is 17.7 Å². The molecule has 0 aromatic heterocycles. The molecular weight excluding hydrogens is 190 g/mol. The summed E-state index contributed by atoms with van der Waals surface area (Å²) in [6.07, 6.45) is 0. The molecule has 1 aromatic rings. The third-order valence-electron chi connectivity index (χ3n) is 1.51. The molecule has 72 valence electrons. The number of rotatable bonds is 3. The predicted molar refractivity (Wildman–Crippen MR) is 50.7 cm³/mol. The minimum atomic E-state index is -3.64. The molecule has 0 amide bonds. The highest BCUT2D eigenvalue weighted by molar-refractivity contribution is 7.88. The van der Waals surface area contributed by atoms with Crippen molar-refractivity contribution in [2.24, 2.45) is 0 Å². The van der Waals surface area contributed by atoms with Crippen LogP contribution in [-0.2, 0) is 14.5 Å². The zero-order valence-corrected chi connectivity index (χ0v) is 8.26. The van der Waals surface area contributed by atoms with Crippen LogP contribution in [0.4, 0.5) is 5.69 Å². The molecule has 1 aromatic carbocycles. The minimum absolute atomic E-state index is 0.493. The van der Waals surface area contributed by atoms with E-state index in [0.29, 0.717) is 5.69 Å². The molecule has 0 bridgehead atoms. The second kappa shape index (κ2) is 3.76. The van der Waals surface area contributed by atoms with E-state index in [2.05, 4.69) is 8.91 Å². The van der Waals surface area contributed by atoms with Crippen LogP contribution in [0.25, 0.3) is 0 Å². The van der Waals surface area contributed by atoms with Gasteiger partial charge in [0.1, 0.15) is 0 Å². The Balaban J connectivity index is 2.82. The van der Waals surface area contributed by atoms with Gasteiger partial charge in [-0.25, -0.2) is 0 Å². The van der Waals surface area contributed by atoms with Crippen molar-refractivity contribution in [3.63, 3.8) is 0 Å². The largest absolute Gasteiger partial charge is 0.359 e. The van der Waals surface area contributed by atoms with Crippen molar-refractivity contribution in [3.05, 3.63) is 29.8 Å². The summed E-state index contributed by atoms with van der Waals surface area (Å²) in [7, 11) is -2.53. The summed E-state index contributed by atoms with van der Waals surface area (Å²) in [5.74, 6) is 0. The van der Waals surface area contributed by atoms with Crippen molar-refractivity contribution in [2.75, 3.05) is 11.8 Å². The Kier molecular flexibility index (Phi) is 2.90. The Morgan fingerprint density at radius 3 is 2.23 bits per heavy atom. The van der Waals surface area contributed by atoms with Gasteiger partial charge in [-0.2, -0.15) is 8.42 Å². The first kappa shape index (κ1) is 10.0. The van der Waals surface area contributed by atoms with Crippen LogP contribution in [0.5, 0.6) is 0 Å². The van der Waals surface area contributed by atoms with E-state index in [1.807, 2.05) is 19.1 Å². The third-order valence-corrected chi connectivity index (χ3v) is 2.44. The van der Waals surface area contributed by atoms with E-state index in [4.69, 9.17) is 0 Å². The number of nitrogens with one attached hydrogen (secondary N) is 1. The molecule has 0 aliphatic carbocycles. The molecule has 1 rings (SSSR count). The van der Waals surface area contributed by atoms with Gasteiger partial charge < -0.3 is 0 Å². The molecule has 0 spiro atoms. The molecule has 0 radical (unpaired) electrons. The smallest absolute Gasteiger partial charge is 0.261 e. The molecule has 13 heavy (non-hydrogen) atoms. The summed E-state index contributed by atoms with van der Waals surface area (Å²) in [4.78, 5) is 0. The van der Waals surface area contributed by atoms with Crippen LogP contribution in [0, 0.1) is 6.92 Å². The highest BCUT2D eigenvalue weighted by Crippen LogP contribution is 2.10. The van der Waals surface area contributed by atoms with Crippen molar-refractivity contribution < 1.29 is 12.6 Å². The highest BCUT2D eigenvalue weighted by Gasteiger charge is 2.06. The van der Waals surface area contributed by atoms with Crippen molar-refractivity contribution in [3.8, 4) is 0 Å². The lowest BCUT2D eigenvalue weighted by Gasteiger charge is -2.04. The molecule has 0 saturated heterocycles. The summed E-state index contributed by atoms with van der Waals surface area (Å²) < 4.78 is 28.3. The van der Waals surface area contributed by atoms with Gasteiger partial charge in [-0.3, -0.25) is 8.91 Å². The Bertz CT molecular complexity index is 369. The molecule has 4 nitrogen and oxygen atoms in total. The quantitative estimate of drug-likeness (QED) is 0.801. The van der Waals surface area contributed by atoms with E-state index in [1.165, 1.54) is 0 Å². The van der Waals surface area contributed by atoms with E-state index in [9.17, 15) is 8.42 Å². The Morgan fingerprint density at radius 1 is 1.23 bits per heavy atom. The molecule has 1 N–H and O–H groups in total. The van der Waals surface area contributed by atoms with Gasteiger partial charge in [0.2, 0.25) is 0 Å². The fraction of sp³-hybridized carbons (Fsp3) is 0.250. The summed E-state index contributed by atoms with van der Waals surface area (Å²) >= 11 is 0. The van der Waals surface area contributed by atoms with E-state index in [0.717, 1.165) is 12.7 Å². The number of aryl methyl sites for hydroxylation is 1. The monoisotopic (exact) mass is 201 g/mol. The molecular formula is C8H11NO3S. The lowest BCUT2D eigenvalue weighted by atomic mass is 10.2. The van der Waals surface area contributed by atoms with Crippen LogP contribution in [0.3, 0.4) is 0 Å². The molecule has 0 saturated carbocycles. The molecule has 0 unspecified atom stereocenters. The van der Waals surface area contributed by atoms with Crippen molar-refractivity contribution in [2.45, 2.75) is 6.92 Å². The topological polar surface area (TPSA) is 55.4 Å². The summed E-state index contributed by atoms with van der Waals surface area (Å²) in [5.41, 5.74) is 1.56. The predicted octanol–water partition coefficient (Wildman–Crippen LogP) is 1.30. The Labute approximate surface area is 77.8 Å². The van der Waals surface area contributed by atoms with Crippen LogP contribution in [-0.4, -0.2) is 15.5 Å². The molecule has 0 aliphatic rings. The van der Waals surface area contributed by atoms with Crippen LogP contribution in [0.15, 0.2) is 24.3 Å². The average Bonchev–Trinajstić information content (AvgIpc) is 2.09.